The molecular formula is C8H9NO4S. The summed E-state index contributed by atoms with van der Waals surface area (Å²) in [4.78, 5) is 26.1. The van der Waals surface area contributed by atoms with Crippen molar-refractivity contribution in [2.45, 2.75) is 6.92 Å². The van der Waals surface area contributed by atoms with E-state index in [1.807, 2.05) is 6.92 Å². The Morgan fingerprint density at radius 1 is 1.57 bits per heavy atom. The molecule has 6 heteroatoms. The van der Waals surface area contributed by atoms with E-state index >= 15 is 0 Å². The maximum Gasteiger partial charge on any atom is 0.380 e. The predicted octanol–water partition coefficient (Wildman–Crippen LogP) is 0.897. The zero-order valence-corrected chi connectivity index (χ0v) is 8.59. The fraction of sp³-hybridized carbons (Fsp3) is 0.375. The van der Waals surface area contributed by atoms with E-state index in [-0.39, 0.29) is 4.88 Å². The Morgan fingerprint density at radius 2 is 2.29 bits per heavy atom. The molecule has 1 heterocycles. The Bertz CT molecular complexity index is 347. The van der Waals surface area contributed by atoms with Crippen LogP contribution in [0.4, 0.5) is 0 Å². The minimum atomic E-state index is -0.892. The van der Waals surface area contributed by atoms with Crippen LogP contribution in [0.5, 0.6) is 5.19 Å². The Labute approximate surface area is 84.7 Å². The largest absolute Gasteiger partial charge is 0.470 e. The van der Waals surface area contributed by atoms with Gasteiger partial charge in [0.05, 0.1) is 19.9 Å². The molecule has 14 heavy (non-hydrogen) atoms. The number of hydrogen-bond acceptors (Lipinski definition) is 6. The fourth-order valence-electron chi connectivity index (χ4n) is 0.747. The Kier molecular flexibility index (Phi) is 3.58. The van der Waals surface area contributed by atoms with Crippen molar-refractivity contribution in [2.24, 2.45) is 0 Å². The van der Waals surface area contributed by atoms with Crippen LogP contribution in [0, 0.1) is 0 Å². The second-order valence-corrected chi connectivity index (χ2v) is 3.24. The van der Waals surface area contributed by atoms with Crippen LogP contribution in [0.25, 0.3) is 0 Å². The van der Waals surface area contributed by atoms with Gasteiger partial charge in [-0.1, -0.05) is 11.3 Å². The number of esters is 1. The van der Waals surface area contributed by atoms with Crippen LogP contribution in [0.15, 0.2) is 6.20 Å². The van der Waals surface area contributed by atoms with Gasteiger partial charge in [-0.15, -0.1) is 0 Å². The minimum Gasteiger partial charge on any atom is -0.470 e. The molecule has 1 rings (SSSR count). The predicted molar refractivity (Wildman–Crippen MR) is 49.6 cm³/mol. The van der Waals surface area contributed by atoms with Crippen molar-refractivity contribution in [3.05, 3.63) is 11.1 Å². The molecular weight excluding hydrogens is 206 g/mol. The molecule has 0 aliphatic rings. The van der Waals surface area contributed by atoms with Gasteiger partial charge >= 0.3 is 5.97 Å². The number of carbonyl (C=O) groups excluding carboxylic acids is 2. The first-order valence-electron chi connectivity index (χ1n) is 3.90. The Morgan fingerprint density at radius 3 is 2.86 bits per heavy atom. The van der Waals surface area contributed by atoms with Crippen LogP contribution in [0.3, 0.4) is 0 Å². The zero-order chi connectivity index (χ0) is 10.6. The number of ketones is 1. The molecule has 1 aromatic rings. The first-order valence-corrected chi connectivity index (χ1v) is 4.72. The summed E-state index contributed by atoms with van der Waals surface area (Å²) in [6, 6.07) is 0. The maximum atomic E-state index is 11.2. The number of Topliss-reactive ketones (excluding diaryl/α,β-unsaturated/α-hetero) is 1. The van der Waals surface area contributed by atoms with Crippen molar-refractivity contribution in [2.75, 3.05) is 13.7 Å². The Hall–Kier alpha value is -1.43. The number of ether oxygens (including phenoxy) is 2. The van der Waals surface area contributed by atoms with Gasteiger partial charge in [0.1, 0.15) is 4.88 Å². The van der Waals surface area contributed by atoms with E-state index in [4.69, 9.17) is 4.74 Å². The number of nitrogens with zero attached hydrogens (tertiary/aromatic N) is 1. The van der Waals surface area contributed by atoms with Gasteiger partial charge in [0.2, 0.25) is 0 Å². The minimum absolute atomic E-state index is 0.223. The number of methoxy groups -OCH3 is 1. The standard InChI is InChI=1S/C8H9NO4S/c1-3-13-8-9-4-5(14-8)6(10)7(11)12-2/h4H,3H2,1-2H3. The average Bonchev–Trinajstić information content (AvgIpc) is 2.64. The van der Waals surface area contributed by atoms with Gasteiger partial charge in [0.15, 0.2) is 0 Å². The highest BCUT2D eigenvalue weighted by atomic mass is 32.1. The van der Waals surface area contributed by atoms with Gasteiger partial charge < -0.3 is 9.47 Å². The monoisotopic (exact) mass is 215 g/mol. The first-order chi connectivity index (χ1) is 6.69. The topological polar surface area (TPSA) is 65.5 Å². The summed E-state index contributed by atoms with van der Waals surface area (Å²) < 4.78 is 9.34. The highest BCUT2D eigenvalue weighted by Crippen LogP contribution is 2.20. The van der Waals surface area contributed by atoms with Gasteiger partial charge in [0, 0.05) is 0 Å². The number of aromatic nitrogens is 1. The van der Waals surface area contributed by atoms with Gasteiger partial charge in [-0.05, 0) is 6.92 Å². The fourth-order valence-corrected chi connectivity index (χ4v) is 1.50. The molecule has 0 unspecified atom stereocenters. The number of hydrogen-bond donors (Lipinski definition) is 0. The molecule has 5 nitrogen and oxygen atoms in total. The lowest BCUT2D eigenvalue weighted by atomic mass is 10.3. The van der Waals surface area contributed by atoms with E-state index in [0.717, 1.165) is 18.4 Å². The van der Waals surface area contributed by atoms with Crippen LogP contribution in [-0.2, 0) is 9.53 Å². The van der Waals surface area contributed by atoms with Crippen LogP contribution in [0.2, 0.25) is 0 Å². The lowest BCUT2D eigenvalue weighted by molar-refractivity contribution is -0.135. The van der Waals surface area contributed by atoms with E-state index in [9.17, 15) is 9.59 Å². The van der Waals surface area contributed by atoms with E-state index < -0.39 is 11.8 Å². The molecule has 0 saturated heterocycles. The van der Waals surface area contributed by atoms with Crippen LogP contribution in [-0.4, -0.2) is 30.5 Å². The average molecular weight is 215 g/mol. The summed E-state index contributed by atoms with van der Waals surface area (Å²) in [5.74, 6) is -1.59. The molecule has 1 aromatic heterocycles. The molecule has 0 fully saturated rings. The first kappa shape index (κ1) is 10.6. The molecule has 0 atom stereocenters. The summed E-state index contributed by atoms with van der Waals surface area (Å²) in [5.41, 5.74) is 0. The summed E-state index contributed by atoms with van der Waals surface area (Å²) in [6.07, 6.45) is 1.30. The lowest BCUT2D eigenvalue weighted by Gasteiger charge is -1.94. The van der Waals surface area contributed by atoms with Gasteiger partial charge in [-0.2, -0.15) is 0 Å². The molecule has 76 valence electrons. The number of carbonyl (C=O) groups is 2. The van der Waals surface area contributed by atoms with Gasteiger partial charge in [-0.25, -0.2) is 9.78 Å². The van der Waals surface area contributed by atoms with Crippen molar-refractivity contribution in [1.29, 1.82) is 0 Å². The maximum absolute atomic E-state index is 11.2. The highest BCUT2D eigenvalue weighted by Gasteiger charge is 2.19. The molecule has 0 N–H and O–H groups in total. The third-order valence-electron chi connectivity index (χ3n) is 1.35. The molecule has 0 saturated carbocycles. The second-order valence-electron chi connectivity index (χ2n) is 2.24. The van der Waals surface area contributed by atoms with Gasteiger partial charge in [0.25, 0.3) is 11.0 Å². The van der Waals surface area contributed by atoms with Crippen molar-refractivity contribution >= 4 is 23.1 Å². The second kappa shape index (κ2) is 4.71. The molecule has 0 aliphatic carbocycles. The molecule has 0 aromatic carbocycles. The number of thiazole rings is 1. The third-order valence-corrected chi connectivity index (χ3v) is 2.26. The van der Waals surface area contributed by atoms with E-state index in [1.54, 1.807) is 0 Å². The van der Waals surface area contributed by atoms with E-state index in [1.165, 1.54) is 6.20 Å². The number of rotatable bonds is 4. The van der Waals surface area contributed by atoms with E-state index in [0.29, 0.717) is 11.8 Å². The summed E-state index contributed by atoms with van der Waals surface area (Å²) in [5, 5.41) is 0.375. The smallest absolute Gasteiger partial charge is 0.380 e. The highest BCUT2D eigenvalue weighted by molar-refractivity contribution is 7.16. The summed E-state index contributed by atoms with van der Waals surface area (Å²) >= 11 is 1.03. The van der Waals surface area contributed by atoms with Gasteiger partial charge in [-0.3, -0.25) is 4.79 Å². The van der Waals surface area contributed by atoms with Crippen molar-refractivity contribution in [3.8, 4) is 5.19 Å². The van der Waals surface area contributed by atoms with Crippen LogP contribution >= 0.6 is 11.3 Å². The summed E-state index contributed by atoms with van der Waals surface area (Å²) in [6.45, 7) is 2.28. The quantitative estimate of drug-likeness (QED) is 0.424. The molecule has 0 amide bonds. The van der Waals surface area contributed by atoms with Crippen LogP contribution in [0.1, 0.15) is 16.6 Å². The SMILES string of the molecule is CCOc1ncc(C(=O)C(=O)OC)s1. The third kappa shape index (κ3) is 2.29. The summed E-state index contributed by atoms with van der Waals surface area (Å²) in [7, 11) is 1.16. The normalized spacial score (nSPS) is 9.57. The van der Waals surface area contributed by atoms with Crippen LogP contribution < -0.4 is 4.74 Å². The molecule has 0 spiro atoms. The van der Waals surface area contributed by atoms with Crippen molar-refractivity contribution in [1.82, 2.24) is 4.98 Å². The van der Waals surface area contributed by atoms with E-state index in [2.05, 4.69) is 9.72 Å². The lowest BCUT2D eigenvalue weighted by Crippen LogP contribution is -2.14. The molecule has 0 aliphatic heterocycles. The Balaban J connectivity index is 2.76. The zero-order valence-electron chi connectivity index (χ0n) is 7.77. The van der Waals surface area contributed by atoms with Crippen molar-refractivity contribution < 1.29 is 19.1 Å². The molecule has 0 bridgehead atoms. The van der Waals surface area contributed by atoms with Crippen molar-refractivity contribution in [3.63, 3.8) is 0 Å². The molecule has 0 radical (unpaired) electrons.